The molecule has 4 rings (SSSR count). The molecule has 0 aromatic heterocycles. The first-order chi connectivity index (χ1) is 14.9. The van der Waals surface area contributed by atoms with Crippen molar-refractivity contribution >= 4 is 17.9 Å². The van der Waals surface area contributed by atoms with Gasteiger partial charge in [0.05, 0.1) is 0 Å². The molecule has 0 aromatic carbocycles. The minimum absolute atomic E-state index is 0.0157. The average molecular weight is 447 g/mol. The van der Waals surface area contributed by atoms with Gasteiger partial charge in [0.1, 0.15) is 18.0 Å². The Morgan fingerprint density at radius 1 is 0.906 bits per heavy atom. The predicted molar refractivity (Wildman–Crippen MR) is 118 cm³/mol. The SMILES string of the molecule is CC(=O)OC1=CC[C@@H]2[C@@H]3CC[C@@]4(C)C[C@H](OC(C)=O)CC[C@]4(C)[C@@H]3[C@@H](OC(C)=O)C[C@@]12C. The Balaban J connectivity index is 1.69. The van der Waals surface area contributed by atoms with Crippen molar-refractivity contribution in [3.8, 4) is 0 Å². The number of fused-ring (bicyclic) bond motifs is 5. The van der Waals surface area contributed by atoms with Gasteiger partial charge in [-0.05, 0) is 73.7 Å². The molecule has 32 heavy (non-hydrogen) atoms. The second-order valence-corrected chi connectivity index (χ2v) is 11.5. The van der Waals surface area contributed by atoms with E-state index in [-0.39, 0.29) is 52.3 Å². The molecular formula is C26H38O6. The molecule has 0 unspecified atom stereocenters. The maximum Gasteiger partial charge on any atom is 0.307 e. The van der Waals surface area contributed by atoms with Gasteiger partial charge >= 0.3 is 17.9 Å². The van der Waals surface area contributed by atoms with E-state index in [1.54, 1.807) is 0 Å². The van der Waals surface area contributed by atoms with Gasteiger partial charge in [-0.25, -0.2) is 0 Å². The van der Waals surface area contributed by atoms with Gasteiger partial charge in [0.2, 0.25) is 0 Å². The van der Waals surface area contributed by atoms with Crippen LogP contribution in [0.15, 0.2) is 11.8 Å². The Kier molecular flexibility index (Phi) is 5.74. The van der Waals surface area contributed by atoms with E-state index in [4.69, 9.17) is 14.2 Å². The van der Waals surface area contributed by atoms with E-state index >= 15 is 0 Å². The van der Waals surface area contributed by atoms with E-state index in [2.05, 4.69) is 26.8 Å². The minimum Gasteiger partial charge on any atom is -0.463 e. The third-order valence-electron chi connectivity index (χ3n) is 9.65. The molecule has 6 heteroatoms. The third kappa shape index (κ3) is 3.58. The van der Waals surface area contributed by atoms with Crippen LogP contribution in [-0.4, -0.2) is 30.1 Å². The fourth-order valence-electron chi connectivity index (χ4n) is 8.16. The normalized spacial score (nSPS) is 44.9. The highest BCUT2D eigenvalue weighted by atomic mass is 16.6. The molecular weight excluding hydrogens is 408 g/mol. The van der Waals surface area contributed by atoms with Crippen molar-refractivity contribution in [2.24, 2.45) is 34.0 Å². The first-order valence-corrected chi connectivity index (χ1v) is 12.1. The lowest BCUT2D eigenvalue weighted by Gasteiger charge is -2.66. The van der Waals surface area contributed by atoms with E-state index in [1.165, 1.54) is 20.8 Å². The molecule has 0 spiro atoms. The van der Waals surface area contributed by atoms with Crippen LogP contribution in [0.4, 0.5) is 0 Å². The first kappa shape index (κ1) is 23.3. The fourth-order valence-corrected chi connectivity index (χ4v) is 8.16. The minimum atomic E-state index is -0.300. The van der Waals surface area contributed by atoms with Crippen LogP contribution >= 0.6 is 0 Å². The topological polar surface area (TPSA) is 78.9 Å². The van der Waals surface area contributed by atoms with E-state index < -0.39 is 0 Å². The van der Waals surface area contributed by atoms with Crippen molar-refractivity contribution in [3.63, 3.8) is 0 Å². The highest BCUT2D eigenvalue weighted by Gasteiger charge is 2.66. The highest BCUT2D eigenvalue weighted by molar-refractivity contribution is 5.68. The molecule has 0 bridgehead atoms. The lowest BCUT2D eigenvalue weighted by molar-refractivity contribution is -0.219. The summed E-state index contributed by atoms with van der Waals surface area (Å²) in [4.78, 5) is 35.5. The zero-order valence-electron chi connectivity index (χ0n) is 20.4. The van der Waals surface area contributed by atoms with Gasteiger partial charge in [0.15, 0.2) is 0 Å². The third-order valence-corrected chi connectivity index (χ3v) is 9.65. The van der Waals surface area contributed by atoms with Gasteiger partial charge in [-0.2, -0.15) is 0 Å². The molecule has 0 N–H and O–H groups in total. The summed E-state index contributed by atoms with van der Waals surface area (Å²) in [6.45, 7) is 11.3. The van der Waals surface area contributed by atoms with Crippen molar-refractivity contribution in [2.75, 3.05) is 0 Å². The van der Waals surface area contributed by atoms with Crippen LogP contribution in [0, 0.1) is 34.0 Å². The van der Waals surface area contributed by atoms with E-state index in [9.17, 15) is 14.4 Å². The number of ether oxygens (including phenoxy) is 3. The van der Waals surface area contributed by atoms with Gasteiger partial charge in [-0.15, -0.1) is 0 Å². The molecule has 0 saturated heterocycles. The molecule has 0 aliphatic heterocycles. The van der Waals surface area contributed by atoms with Crippen molar-refractivity contribution in [1.29, 1.82) is 0 Å². The lowest BCUT2D eigenvalue weighted by Crippen LogP contribution is -2.63. The number of hydrogen-bond donors (Lipinski definition) is 0. The van der Waals surface area contributed by atoms with Crippen LogP contribution < -0.4 is 0 Å². The molecule has 0 amide bonds. The molecule has 4 aliphatic carbocycles. The molecule has 3 fully saturated rings. The summed E-state index contributed by atoms with van der Waals surface area (Å²) in [6, 6.07) is 0. The number of allylic oxidation sites excluding steroid dienone is 2. The summed E-state index contributed by atoms with van der Waals surface area (Å²) in [5.74, 6) is 1.01. The van der Waals surface area contributed by atoms with E-state index in [1.807, 2.05) is 0 Å². The molecule has 178 valence electrons. The Hall–Kier alpha value is -1.85. The number of rotatable bonds is 3. The molecule has 8 atom stereocenters. The maximum absolute atomic E-state index is 12.2. The summed E-state index contributed by atoms with van der Waals surface area (Å²) in [6.07, 6.45) is 8.18. The lowest BCUT2D eigenvalue weighted by atomic mass is 9.40. The zero-order chi connectivity index (χ0) is 23.5. The van der Waals surface area contributed by atoms with Crippen LogP contribution in [-0.2, 0) is 28.6 Å². The molecule has 0 radical (unpaired) electrons. The molecule has 0 aromatic rings. The van der Waals surface area contributed by atoms with Gasteiger partial charge in [-0.3, -0.25) is 14.4 Å². The summed E-state index contributed by atoms with van der Waals surface area (Å²) in [7, 11) is 0. The highest BCUT2D eigenvalue weighted by Crippen LogP contribution is 2.70. The van der Waals surface area contributed by atoms with Gasteiger partial charge in [-0.1, -0.05) is 20.8 Å². The Morgan fingerprint density at radius 2 is 1.59 bits per heavy atom. The first-order valence-electron chi connectivity index (χ1n) is 12.1. The molecule has 4 aliphatic rings. The smallest absolute Gasteiger partial charge is 0.307 e. The summed E-state index contributed by atoms with van der Waals surface area (Å²) >= 11 is 0. The Labute approximate surface area is 191 Å². The molecule has 3 saturated carbocycles. The van der Waals surface area contributed by atoms with Gasteiger partial charge in [0, 0.05) is 32.1 Å². The van der Waals surface area contributed by atoms with Crippen molar-refractivity contribution in [3.05, 3.63) is 11.8 Å². The summed E-state index contributed by atoms with van der Waals surface area (Å²) in [5, 5.41) is 0. The van der Waals surface area contributed by atoms with Crippen LogP contribution in [0.2, 0.25) is 0 Å². The van der Waals surface area contributed by atoms with E-state index in [0.717, 1.165) is 44.3 Å². The largest absolute Gasteiger partial charge is 0.463 e. The maximum atomic E-state index is 12.2. The Bertz CT molecular complexity index is 847. The zero-order valence-corrected chi connectivity index (χ0v) is 20.4. The van der Waals surface area contributed by atoms with Gasteiger partial charge in [0.25, 0.3) is 0 Å². The molecule has 0 heterocycles. The van der Waals surface area contributed by atoms with Crippen molar-refractivity contribution in [1.82, 2.24) is 0 Å². The monoisotopic (exact) mass is 446 g/mol. The summed E-state index contributed by atoms with van der Waals surface area (Å²) < 4.78 is 17.3. The van der Waals surface area contributed by atoms with Gasteiger partial charge < -0.3 is 14.2 Å². The number of hydrogen-bond acceptors (Lipinski definition) is 6. The number of carbonyl (C=O) groups is 3. The van der Waals surface area contributed by atoms with Crippen LogP contribution in [0.1, 0.15) is 86.5 Å². The fraction of sp³-hybridized carbons (Fsp3) is 0.808. The number of carbonyl (C=O) groups excluding carboxylic acids is 3. The molecule has 6 nitrogen and oxygen atoms in total. The van der Waals surface area contributed by atoms with Crippen molar-refractivity contribution in [2.45, 2.75) is 98.7 Å². The van der Waals surface area contributed by atoms with Crippen LogP contribution in [0.3, 0.4) is 0 Å². The van der Waals surface area contributed by atoms with Crippen LogP contribution in [0.25, 0.3) is 0 Å². The second-order valence-electron chi connectivity index (χ2n) is 11.5. The Morgan fingerprint density at radius 3 is 2.22 bits per heavy atom. The van der Waals surface area contributed by atoms with E-state index in [0.29, 0.717) is 18.3 Å². The standard InChI is InChI=1S/C26H38O6/c1-15(27)30-18-9-12-26(6)23-19(10-11-24(26,4)13-18)20-7-8-22(32-17(3)29)25(20,5)14-21(23)31-16(2)28/h8,18-21,23H,7,9-14H2,1-6H3/t18-,19+,20-,21+,23+,24+,25-,26-/m1/s1. The second kappa shape index (κ2) is 7.88. The number of esters is 3. The predicted octanol–water partition coefficient (Wildman–Crippen LogP) is 4.95. The quantitative estimate of drug-likeness (QED) is 0.451. The van der Waals surface area contributed by atoms with Crippen LogP contribution in [0.5, 0.6) is 0 Å². The summed E-state index contributed by atoms with van der Waals surface area (Å²) in [5.41, 5.74) is -0.298. The van der Waals surface area contributed by atoms with Crippen molar-refractivity contribution < 1.29 is 28.6 Å². The average Bonchev–Trinajstić information content (AvgIpc) is 2.97.